The van der Waals surface area contributed by atoms with E-state index < -0.39 is 5.91 Å². The third kappa shape index (κ3) is 3.07. The van der Waals surface area contributed by atoms with Crippen LogP contribution in [0.15, 0.2) is 36.4 Å². The molecule has 0 bridgehead atoms. The molecule has 0 aliphatic carbocycles. The number of aryl methyl sites for hydroxylation is 3. The van der Waals surface area contributed by atoms with E-state index in [1.807, 2.05) is 32.0 Å². The van der Waals surface area contributed by atoms with E-state index in [1.165, 1.54) is 0 Å². The number of rotatable bonds is 4. The van der Waals surface area contributed by atoms with Crippen molar-refractivity contribution < 1.29 is 9.59 Å². The van der Waals surface area contributed by atoms with Gasteiger partial charge in [0.25, 0.3) is 5.91 Å². The number of nitrogens with one attached hydrogen (secondary N) is 1. The predicted octanol–water partition coefficient (Wildman–Crippen LogP) is 2.70. The average molecular weight is 296 g/mol. The molecule has 0 aliphatic rings. The number of amides is 1. The van der Waals surface area contributed by atoms with Gasteiger partial charge in [0.05, 0.1) is 5.56 Å². The largest absolute Gasteiger partial charge is 0.290 e. The van der Waals surface area contributed by atoms with Crippen molar-refractivity contribution in [3.63, 3.8) is 0 Å². The number of hydrazine groups is 1. The van der Waals surface area contributed by atoms with Gasteiger partial charge in [-0.15, -0.1) is 0 Å². The Kier molecular flexibility index (Phi) is 4.73. The van der Waals surface area contributed by atoms with E-state index >= 15 is 0 Å². The minimum Gasteiger partial charge on any atom is -0.290 e. The third-order valence-electron chi connectivity index (χ3n) is 3.71. The van der Waals surface area contributed by atoms with E-state index in [4.69, 9.17) is 5.84 Å². The summed E-state index contributed by atoms with van der Waals surface area (Å²) in [5, 5.41) is 0. The van der Waals surface area contributed by atoms with Crippen LogP contribution in [0.1, 0.15) is 49.9 Å². The lowest BCUT2D eigenvalue weighted by atomic mass is 9.91. The molecule has 0 heterocycles. The molecule has 0 radical (unpaired) electrons. The summed E-state index contributed by atoms with van der Waals surface area (Å²) < 4.78 is 0. The minimum atomic E-state index is -0.458. The Morgan fingerprint density at radius 2 is 1.73 bits per heavy atom. The maximum atomic E-state index is 12.8. The number of nitrogen functional groups attached to an aromatic ring is 1. The SMILES string of the molecule is CCc1ccc(C(=O)c2c(C)cc(C)cc2C(=O)NN)cc1. The first-order valence-corrected chi connectivity index (χ1v) is 7.23. The zero-order chi connectivity index (χ0) is 16.3. The Morgan fingerprint density at radius 3 is 2.27 bits per heavy atom. The van der Waals surface area contributed by atoms with Gasteiger partial charge < -0.3 is 0 Å². The van der Waals surface area contributed by atoms with E-state index in [-0.39, 0.29) is 5.78 Å². The number of hydrogen-bond donors (Lipinski definition) is 2. The molecule has 0 aromatic heterocycles. The van der Waals surface area contributed by atoms with Gasteiger partial charge in [-0.2, -0.15) is 0 Å². The second kappa shape index (κ2) is 6.54. The molecule has 1 amide bonds. The minimum absolute atomic E-state index is 0.168. The van der Waals surface area contributed by atoms with Gasteiger partial charge in [-0.05, 0) is 37.5 Å². The number of carbonyl (C=O) groups excluding carboxylic acids is 2. The van der Waals surface area contributed by atoms with Crippen LogP contribution in [0.3, 0.4) is 0 Å². The lowest BCUT2D eigenvalue weighted by Crippen LogP contribution is -2.31. The number of nitrogens with two attached hydrogens (primary N) is 1. The summed E-state index contributed by atoms with van der Waals surface area (Å²) >= 11 is 0. The van der Waals surface area contributed by atoms with Gasteiger partial charge in [-0.1, -0.05) is 42.8 Å². The van der Waals surface area contributed by atoms with Crippen LogP contribution >= 0.6 is 0 Å². The highest BCUT2D eigenvalue weighted by Crippen LogP contribution is 2.21. The van der Waals surface area contributed by atoms with Crippen LogP contribution in [-0.2, 0) is 6.42 Å². The third-order valence-corrected chi connectivity index (χ3v) is 3.71. The molecule has 0 saturated heterocycles. The van der Waals surface area contributed by atoms with Crippen molar-refractivity contribution in [2.45, 2.75) is 27.2 Å². The summed E-state index contributed by atoms with van der Waals surface area (Å²) in [7, 11) is 0. The summed E-state index contributed by atoms with van der Waals surface area (Å²) in [5.74, 6) is 4.61. The average Bonchev–Trinajstić information content (AvgIpc) is 2.53. The second-order valence-electron chi connectivity index (χ2n) is 5.36. The van der Waals surface area contributed by atoms with E-state index in [0.717, 1.165) is 23.1 Å². The summed E-state index contributed by atoms with van der Waals surface area (Å²) in [5.41, 5.74) is 6.23. The van der Waals surface area contributed by atoms with Gasteiger partial charge in [0.2, 0.25) is 0 Å². The summed E-state index contributed by atoms with van der Waals surface area (Å²) in [6, 6.07) is 11.0. The Balaban J connectivity index is 2.54. The van der Waals surface area contributed by atoms with Crippen molar-refractivity contribution in [3.05, 3.63) is 69.8 Å². The molecule has 0 fully saturated rings. The lowest BCUT2D eigenvalue weighted by molar-refractivity contribution is 0.0942. The highest BCUT2D eigenvalue weighted by molar-refractivity contribution is 6.16. The predicted molar refractivity (Wildman–Crippen MR) is 86.8 cm³/mol. The molecule has 2 rings (SSSR count). The van der Waals surface area contributed by atoms with E-state index in [1.54, 1.807) is 18.2 Å². The zero-order valence-electron chi connectivity index (χ0n) is 13.1. The topological polar surface area (TPSA) is 72.2 Å². The van der Waals surface area contributed by atoms with Crippen molar-refractivity contribution in [2.75, 3.05) is 0 Å². The summed E-state index contributed by atoms with van der Waals surface area (Å²) in [6.07, 6.45) is 0.916. The van der Waals surface area contributed by atoms with Gasteiger partial charge >= 0.3 is 0 Å². The Labute approximate surface area is 130 Å². The first-order valence-electron chi connectivity index (χ1n) is 7.23. The van der Waals surface area contributed by atoms with Crippen LogP contribution in [0.2, 0.25) is 0 Å². The molecule has 0 aliphatic heterocycles. The standard InChI is InChI=1S/C18H20N2O2/c1-4-13-5-7-14(8-6-13)17(21)16-12(3)9-11(2)10-15(16)18(22)20-19/h5-10H,4,19H2,1-3H3,(H,20,22). The van der Waals surface area contributed by atoms with Gasteiger partial charge in [0.15, 0.2) is 5.78 Å². The Hall–Kier alpha value is -2.46. The molecule has 4 heteroatoms. The van der Waals surface area contributed by atoms with Crippen LogP contribution in [0.25, 0.3) is 0 Å². The molecule has 2 aromatic carbocycles. The van der Waals surface area contributed by atoms with Crippen LogP contribution < -0.4 is 11.3 Å². The fourth-order valence-corrected chi connectivity index (χ4v) is 2.56. The molecule has 2 aromatic rings. The van der Waals surface area contributed by atoms with Crippen LogP contribution in [-0.4, -0.2) is 11.7 Å². The molecule has 0 unspecified atom stereocenters. The number of ketones is 1. The maximum absolute atomic E-state index is 12.8. The normalized spacial score (nSPS) is 10.4. The van der Waals surface area contributed by atoms with E-state index in [9.17, 15) is 9.59 Å². The molecular weight excluding hydrogens is 276 g/mol. The number of benzene rings is 2. The zero-order valence-corrected chi connectivity index (χ0v) is 13.1. The highest BCUT2D eigenvalue weighted by atomic mass is 16.2. The van der Waals surface area contributed by atoms with Crippen molar-refractivity contribution in [2.24, 2.45) is 5.84 Å². The van der Waals surface area contributed by atoms with Gasteiger partial charge in [0, 0.05) is 11.1 Å². The Bertz CT molecular complexity index is 719. The number of carbonyl (C=O) groups is 2. The van der Waals surface area contributed by atoms with Crippen LogP contribution in [0, 0.1) is 13.8 Å². The molecular formula is C18H20N2O2. The summed E-state index contributed by atoms with van der Waals surface area (Å²) in [6.45, 7) is 5.77. The second-order valence-corrected chi connectivity index (χ2v) is 5.36. The molecule has 0 spiro atoms. The first-order chi connectivity index (χ1) is 10.5. The summed E-state index contributed by atoms with van der Waals surface area (Å²) in [4.78, 5) is 24.8. The fraction of sp³-hybridized carbons (Fsp3) is 0.222. The van der Waals surface area contributed by atoms with Crippen molar-refractivity contribution in [1.29, 1.82) is 0 Å². The monoisotopic (exact) mass is 296 g/mol. The molecule has 4 nitrogen and oxygen atoms in total. The fourth-order valence-electron chi connectivity index (χ4n) is 2.56. The van der Waals surface area contributed by atoms with Crippen LogP contribution in [0.5, 0.6) is 0 Å². The number of hydrogen-bond acceptors (Lipinski definition) is 3. The molecule has 3 N–H and O–H groups in total. The quantitative estimate of drug-likeness (QED) is 0.394. The molecule has 114 valence electrons. The van der Waals surface area contributed by atoms with Gasteiger partial charge in [-0.3, -0.25) is 15.0 Å². The lowest BCUT2D eigenvalue weighted by Gasteiger charge is -2.12. The Morgan fingerprint density at radius 1 is 1.09 bits per heavy atom. The van der Waals surface area contributed by atoms with Gasteiger partial charge in [0.1, 0.15) is 0 Å². The van der Waals surface area contributed by atoms with E-state index in [0.29, 0.717) is 16.7 Å². The molecule has 22 heavy (non-hydrogen) atoms. The maximum Gasteiger partial charge on any atom is 0.265 e. The van der Waals surface area contributed by atoms with Crippen molar-refractivity contribution in [3.8, 4) is 0 Å². The van der Waals surface area contributed by atoms with Crippen LogP contribution in [0.4, 0.5) is 0 Å². The molecule has 0 atom stereocenters. The van der Waals surface area contributed by atoms with Gasteiger partial charge in [-0.25, -0.2) is 5.84 Å². The first kappa shape index (κ1) is 15.9. The van der Waals surface area contributed by atoms with Crippen molar-refractivity contribution >= 4 is 11.7 Å². The van der Waals surface area contributed by atoms with E-state index in [2.05, 4.69) is 12.3 Å². The smallest absolute Gasteiger partial charge is 0.265 e. The van der Waals surface area contributed by atoms with Crippen molar-refractivity contribution in [1.82, 2.24) is 5.43 Å². The molecule has 0 saturated carbocycles. The highest BCUT2D eigenvalue weighted by Gasteiger charge is 2.20.